The Labute approximate surface area is 170 Å². The van der Waals surface area contributed by atoms with Crippen molar-refractivity contribution >= 4 is 11.6 Å². The average Bonchev–Trinajstić information content (AvgIpc) is 3.18. The molecule has 1 aromatic heterocycles. The number of aromatic nitrogens is 1. The number of nitro benzene ring substituents is 1. The first-order valence-corrected chi connectivity index (χ1v) is 9.84. The van der Waals surface area contributed by atoms with Gasteiger partial charge in [0, 0.05) is 57.9 Å². The first kappa shape index (κ1) is 20.9. The van der Waals surface area contributed by atoms with Gasteiger partial charge in [-0.15, -0.1) is 0 Å². The van der Waals surface area contributed by atoms with Crippen molar-refractivity contribution in [3.8, 4) is 0 Å². The van der Waals surface area contributed by atoms with Crippen LogP contribution in [0.2, 0.25) is 0 Å². The molecule has 29 heavy (non-hydrogen) atoms. The molecule has 0 unspecified atom stereocenters. The maximum Gasteiger partial charge on any atom is 0.275 e. The molecule has 1 fully saturated rings. The number of hydrogen-bond acceptors (Lipinski definition) is 7. The number of carbonyl (C=O) groups excluding carboxylic acids is 1. The number of oxazole rings is 1. The van der Waals surface area contributed by atoms with E-state index in [1.165, 1.54) is 6.26 Å². The molecular weight excluding hydrogens is 374 g/mol. The van der Waals surface area contributed by atoms with Gasteiger partial charge in [-0.3, -0.25) is 24.7 Å². The van der Waals surface area contributed by atoms with Crippen LogP contribution in [-0.2, 0) is 13.1 Å². The molecule has 156 valence electrons. The van der Waals surface area contributed by atoms with Gasteiger partial charge in [0.25, 0.3) is 11.6 Å². The highest BCUT2D eigenvalue weighted by molar-refractivity contribution is 5.91. The maximum absolute atomic E-state index is 12.3. The van der Waals surface area contributed by atoms with Gasteiger partial charge >= 0.3 is 0 Å². The van der Waals surface area contributed by atoms with E-state index >= 15 is 0 Å². The first-order chi connectivity index (χ1) is 14.0. The van der Waals surface area contributed by atoms with E-state index in [4.69, 9.17) is 4.42 Å². The number of amides is 1. The van der Waals surface area contributed by atoms with Gasteiger partial charge in [-0.2, -0.15) is 0 Å². The van der Waals surface area contributed by atoms with E-state index < -0.39 is 0 Å². The van der Waals surface area contributed by atoms with Crippen LogP contribution in [0, 0.1) is 10.1 Å². The Kier molecular flexibility index (Phi) is 6.95. The van der Waals surface area contributed by atoms with Crippen molar-refractivity contribution in [2.75, 3.05) is 39.8 Å². The fraction of sp³-hybridized carbons (Fsp3) is 0.500. The second-order valence-corrected chi connectivity index (χ2v) is 7.29. The summed E-state index contributed by atoms with van der Waals surface area (Å²) < 4.78 is 5.49. The fourth-order valence-electron chi connectivity index (χ4n) is 3.47. The minimum Gasteiger partial charge on any atom is -0.447 e. The van der Waals surface area contributed by atoms with E-state index in [0.29, 0.717) is 31.2 Å². The lowest BCUT2D eigenvalue weighted by Gasteiger charge is -2.33. The lowest BCUT2D eigenvalue weighted by Crippen LogP contribution is -2.45. The van der Waals surface area contributed by atoms with E-state index in [1.54, 1.807) is 24.1 Å². The van der Waals surface area contributed by atoms with Crippen LogP contribution >= 0.6 is 0 Å². The van der Waals surface area contributed by atoms with E-state index in [-0.39, 0.29) is 16.5 Å². The molecule has 1 aromatic carbocycles. The summed E-state index contributed by atoms with van der Waals surface area (Å²) in [6.45, 7) is 7.03. The van der Waals surface area contributed by atoms with Gasteiger partial charge in [-0.1, -0.05) is 25.1 Å². The van der Waals surface area contributed by atoms with Crippen LogP contribution in [0.25, 0.3) is 0 Å². The molecule has 3 rings (SSSR count). The van der Waals surface area contributed by atoms with Crippen LogP contribution in [0.15, 0.2) is 34.9 Å². The highest BCUT2D eigenvalue weighted by Crippen LogP contribution is 2.20. The summed E-state index contributed by atoms with van der Waals surface area (Å²) in [4.78, 5) is 33.5. The Hall–Kier alpha value is -2.78. The third-order valence-electron chi connectivity index (χ3n) is 5.08. The Bertz CT molecular complexity index is 845. The SMILES string of the molecule is CCCN(C)C(=O)c1coc(CN2CCN(Cc3ccccc3[N+](=O)[O-])CC2)n1. The Morgan fingerprint density at radius 3 is 2.52 bits per heavy atom. The fourth-order valence-corrected chi connectivity index (χ4v) is 3.47. The summed E-state index contributed by atoms with van der Waals surface area (Å²) in [5.41, 5.74) is 1.24. The number of benzene rings is 1. The lowest BCUT2D eigenvalue weighted by atomic mass is 10.1. The molecule has 0 N–H and O–H groups in total. The maximum atomic E-state index is 12.3. The molecule has 2 heterocycles. The molecule has 2 aromatic rings. The Balaban J connectivity index is 1.51. The topological polar surface area (TPSA) is 96.0 Å². The normalized spacial score (nSPS) is 15.4. The molecular formula is C20H27N5O4. The molecule has 1 amide bonds. The summed E-state index contributed by atoms with van der Waals surface area (Å²) in [5.74, 6) is 0.404. The monoisotopic (exact) mass is 401 g/mol. The van der Waals surface area contributed by atoms with Crippen molar-refractivity contribution < 1.29 is 14.1 Å². The number of para-hydroxylation sites is 1. The molecule has 1 saturated heterocycles. The van der Waals surface area contributed by atoms with Crippen molar-refractivity contribution in [2.24, 2.45) is 0 Å². The zero-order valence-electron chi connectivity index (χ0n) is 16.9. The van der Waals surface area contributed by atoms with Crippen LogP contribution in [0.5, 0.6) is 0 Å². The quantitative estimate of drug-likeness (QED) is 0.495. The molecule has 1 aliphatic rings. The number of nitro groups is 1. The van der Waals surface area contributed by atoms with Gasteiger partial charge in [0.2, 0.25) is 5.89 Å². The third-order valence-corrected chi connectivity index (χ3v) is 5.08. The second kappa shape index (κ2) is 9.62. The number of piperazine rings is 1. The summed E-state index contributed by atoms with van der Waals surface area (Å²) in [6.07, 6.45) is 2.32. The van der Waals surface area contributed by atoms with E-state index in [1.807, 2.05) is 19.1 Å². The minimum absolute atomic E-state index is 0.129. The third kappa shape index (κ3) is 5.39. The minimum atomic E-state index is -0.328. The number of nitrogens with zero attached hydrogens (tertiary/aromatic N) is 5. The number of hydrogen-bond donors (Lipinski definition) is 0. The standard InChI is InChI=1S/C20H27N5O4/c1-3-8-22(2)20(26)17-15-29-19(21-17)14-24-11-9-23(10-12-24)13-16-6-4-5-7-18(16)25(27)28/h4-7,15H,3,8-14H2,1-2H3. The van der Waals surface area contributed by atoms with Crippen molar-refractivity contribution in [3.05, 3.63) is 57.8 Å². The van der Waals surface area contributed by atoms with Crippen LogP contribution in [0.3, 0.4) is 0 Å². The highest BCUT2D eigenvalue weighted by Gasteiger charge is 2.22. The summed E-state index contributed by atoms with van der Waals surface area (Å²) in [6, 6.07) is 6.88. The first-order valence-electron chi connectivity index (χ1n) is 9.84. The molecule has 0 bridgehead atoms. The van der Waals surface area contributed by atoms with Crippen molar-refractivity contribution in [1.82, 2.24) is 19.7 Å². The smallest absolute Gasteiger partial charge is 0.275 e. The Morgan fingerprint density at radius 2 is 1.86 bits per heavy atom. The van der Waals surface area contributed by atoms with Crippen LogP contribution in [0.1, 0.15) is 35.3 Å². The molecule has 0 radical (unpaired) electrons. The van der Waals surface area contributed by atoms with E-state index in [2.05, 4.69) is 14.8 Å². The lowest BCUT2D eigenvalue weighted by molar-refractivity contribution is -0.385. The summed E-state index contributed by atoms with van der Waals surface area (Å²) >= 11 is 0. The molecule has 1 aliphatic heterocycles. The second-order valence-electron chi connectivity index (χ2n) is 7.29. The van der Waals surface area contributed by atoms with Crippen molar-refractivity contribution in [3.63, 3.8) is 0 Å². The average molecular weight is 401 g/mol. The predicted molar refractivity (Wildman–Crippen MR) is 107 cm³/mol. The van der Waals surface area contributed by atoms with Gasteiger partial charge in [-0.05, 0) is 6.42 Å². The zero-order chi connectivity index (χ0) is 20.8. The predicted octanol–water partition coefficient (Wildman–Crippen LogP) is 2.38. The molecule has 9 heteroatoms. The van der Waals surface area contributed by atoms with Crippen molar-refractivity contribution in [2.45, 2.75) is 26.4 Å². The molecule has 0 spiro atoms. The number of carbonyl (C=O) groups is 1. The van der Waals surface area contributed by atoms with Gasteiger partial charge in [0.05, 0.1) is 11.5 Å². The van der Waals surface area contributed by atoms with Crippen LogP contribution < -0.4 is 0 Å². The highest BCUT2D eigenvalue weighted by atomic mass is 16.6. The van der Waals surface area contributed by atoms with Gasteiger partial charge in [0.1, 0.15) is 6.26 Å². The molecule has 0 atom stereocenters. The van der Waals surface area contributed by atoms with Gasteiger partial charge in [0.15, 0.2) is 5.69 Å². The summed E-state index contributed by atoms with van der Waals surface area (Å²) in [5, 5.41) is 11.2. The van der Waals surface area contributed by atoms with E-state index in [0.717, 1.165) is 38.2 Å². The largest absolute Gasteiger partial charge is 0.447 e. The van der Waals surface area contributed by atoms with Gasteiger partial charge in [-0.25, -0.2) is 4.98 Å². The molecule has 9 nitrogen and oxygen atoms in total. The van der Waals surface area contributed by atoms with Crippen LogP contribution in [-0.4, -0.2) is 70.3 Å². The number of rotatable bonds is 8. The summed E-state index contributed by atoms with van der Waals surface area (Å²) in [7, 11) is 1.76. The van der Waals surface area contributed by atoms with E-state index in [9.17, 15) is 14.9 Å². The van der Waals surface area contributed by atoms with Crippen LogP contribution in [0.4, 0.5) is 5.69 Å². The van der Waals surface area contributed by atoms with Gasteiger partial charge < -0.3 is 9.32 Å². The molecule has 0 saturated carbocycles. The van der Waals surface area contributed by atoms with Crippen molar-refractivity contribution in [1.29, 1.82) is 0 Å². The Morgan fingerprint density at radius 1 is 1.21 bits per heavy atom. The molecule has 0 aliphatic carbocycles. The zero-order valence-corrected chi connectivity index (χ0v) is 16.9.